The van der Waals surface area contributed by atoms with Gasteiger partial charge < -0.3 is 4.74 Å². The van der Waals surface area contributed by atoms with Gasteiger partial charge in [-0.25, -0.2) is 4.79 Å². The Morgan fingerprint density at radius 3 is 2.75 bits per heavy atom. The summed E-state index contributed by atoms with van der Waals surface area (Å²) in [6.45, 7) is 0. The van der Waals surface area contributed by atoms with E-state index in [-0.39, 0.29) is 11.7 Å². The summed E-state index contributed by atoms with van der Waals surface area (Å²) in [6.07, 6.45) is 1.79. The number of Topliss-reactive ketones (excluding diaryl/α,β-unsaturated/α-hetero) is 1. The molecule has 4 nitrogen and oxygen atoms in total. The Morgan fingerprint density at radius 2 is 2.25 bits per heavy atom. The second-order valence-electron chi connectivity index (χ2n) is 3.39. The number of ketones is 1. The van der Waals surface area contributed by atoms with Crippen LogP contribution in [0.15, 0.2) is 0 Å². The molecule has 4 heteroatoms. The molecule has 0 radical (unpaired) electrons. The first-order valence-electron chi connectivity index (χ1n) is 4.10. The lowest BCUT2D eigenvalue weighted by Gasteiger charge is -2.43. The van der Waals surface area contributed by atoms with Gasteiger partial charge in [-0.1, -0.05) is 0 Å². The Labute approximate surface area is 70.3 Å². The third-order valence-electron chi connectivity index (χ3n) is 2.66. The van der Waals surface area contributed by atoms with Gasteiger partial charge >= 0.3 is 5.97 Å². The zero-order chi connectivity index (χ0) is 8.72. The van der Waals surface area contributed by atoms with Crippen LogP contribution in [0.5, 0.6) is 0 Å². The summed E-state index contributed by atoms with van der Waals surface area (Å²) in [5, 5.41) is 2.96. The number of hydrogen-bond acceptors (Lipinski definition) is 4. The topological polar surface area (TPSA) is 55.4 Å². The average Bonchev–Trinajstić information content (AvgIpc) is 2.01. The van der Waals surface area contributed by atoms with Crippen molar-refractivity contribution in [2.24, 2.45) is 5.92 Å². The molecule has 1 aliphatic carbocycles. The van der Waals surface area contributed by atoms with Crippen LogP contribution in [-0.2, 0) is 14.3 Å². The molecule has 12 heavy (non-hydrogen) atoms. The highest BCUT2D eigenvalue weighted by molar-refractivity contribution is 6.05. The molecule has 0 amide bonds. The number of rotatable bonds is 1. The van der Waals surface area contributed by atoms with Crippen LogP contribution in [0.2, 0.25) is 0 Å². The van der Waals surface area contributed by atoms with E-state index in [0.717, 1.165) is 12.8 Å². The van der Waals surface area contributed by atoms with E-state index >= 15 is 0 Å². The predicted octanol–water partition coefficient (Wildman–Crippen LogP) is -0.521. The molecule has 3 rings (SSSR count). The Balaban J connectivity index is 2.08. The maximum absolute atomic E-state index is 11.4. The van der Waals surface area contributed by atoms with Gasteiger partial charge in [0.1, 0.15) is 0 Å². The summed E-state index contributed by atoms with van der Waals surface area (Å²) in [7, 11) is 1.30. The van der Waals surface area contributed by atoms with Crippen LogP contribution in [0.1, 0.15) is 12.8 Å². The molecule has 2 aliphatic heterocycles. The van der Waals surface area contributed by atoms with Crippen LogP contribution in [0.4, 0.5) is 0 Å². The third kappa shape index (κ3) is 0.948. The molecule has 66 valence electrons. The Bertz CT molecular complexity index is 232. The monoisotopic (exact) mass is 169 g/mol. The molecule has 2 bridgehead atoms. The van der Waals surface area contributed by atoms with E-state index in [1.54, 1.807) is 0 Å². The zero-order valence-corrected chi connectivity index (χ0v) is 6.87. The average molecular weight is 169 g/mol. The lowest BCUT2D eigenvalue weighted by molar-refractivity contribution is -0.152. The molecule has 0 aromatic heterocycles. The van der Waals surface area contributed by atoms with Crippen LogP contribution < -0.4 is 5.32 Å². The number of carbonyl (C=O) groups excluding carboxylic acids is 2. The molecule has 0 aromatic carbocycles. The van der Waals surface area contributed by atoms with Crippen LogP contribution >= 0.6 is 0 Å². The fourth-order valence-corrected chi connectivity index (χ4v) is 1.84. The van der Waals surface area contributed by atoms with Gasteiger partial charge in [-0.15, -0.1) is 0 Å². The smallest absolute Gasteiger partial charge is 0.330 e. The van der Waals surface area contributed by atoms with Crippen LogP contribution in [-0.4, -0.2) is 30.9 Å². The van der Waals surface area contributed by atoms with Gasteiger partial charge in [0.2, 0.25) is 0 Å². The molecule has 1 unspecified atom stereocenters. The fraction of sp³-hybridized carbons (Fsp3) is 0.750. The van der Waals surface area contributed by atoms with Crippen molar-refractivity contribution in [3.8, 4) is 0 Å². The van der Waals surface area contributed by atoms with Crippen LogP contribution in [0, 0.1) is 5.92 Å². The summed E-state index contributed by atoms with van der Waals surface area (Å²) in [4.78, 5) is 22.4. The fourth-order valence-electron chi connectivity index (χ4n) is 1.84. The van der Waals surface area contributed by atoms with Crippen LogP contribution in [0.25, 0.3) is 0 Å². The van der Waals surface area contributed by atoms with E-state index in [0.29, 0.717) is 6.04 Å². The standard InChI is InChI=1S/C8H11NO3/c1-12-8(11)6-7(10)4-2-5(3-4)9-6/h4-6,9H,2-3H2,1H3. The van der Waals surface area contributed by atoms with Crippen molar-refractivity contribution in [3.05, 3.63) is 0 Å². The van der Waals surface area contributed by atoms with E-state index < -0.39 is 12.0 Å². The van der Waals surface area contributed by atoms with Gasteiger partial charge in [0, 0.05) is 12.0 Å². The van der Waals surface area contributed by atoms with Crippen molar-refractivity contribution in [2.45, 2.75) is 24.9 Å². The van der Waals surface area contributed by atoms with E-state index in [9.17, 15) is 9.59 Å². The minimum Gasteiger partial charge on any atom is -0.468 e. The summed E-state index contributed by atoms with van der Waals surface area (Å²) in [5.74, 6) is -0.334. The largest absolute Gasteiger partial charge is 0.468 e. The summed E-state index contributed by atoms with van der Waals surface area (Å²) < 4.78 is 4.51. The first-order valence-corrected chi connectivity index (χ1v) is 4.10. The molecule has 0 aromatic rings. The van der Waals surface area contributed by atoms with Gasteiger partial charge in [0.05, 0.1) is 7.11 Å². The first kappa shape index (κ1) is 7.73. The van der Waals surface area contributed by atoms with E-state index in [2.05, 4.69) is 10.1 Å². The van der Waals surface area contributed by atoms with Gasteiger partial charge in [0.25, 0.3) is 0 Å². The highest BCUT2D eigenvalue weighted by atomic mass is 16.5. The summed E-state index contributed by atoms with van der Waals surface area (Å²) in [5.41, 5.74) is 0. The molecular weight excluding hydrogens is 158 g/mol. The number of esters is 1. The van der Waals surface area contributed by atoms with Gasteiger partial charge in [-0.05, 0) is 12.8 Å². The molecular formula is C8H11NO3. The van der Waals surface area contributed by atoms with E-state index in [1.807, 2.05) is 0 Å². The van der Waals surface area contributed by atoms with Crippen molar-refractivity contribution in [3.63, 3.8) is 0 Å². The van der Waals surface area contributed by atoms with Crippen molar-refractivity contribution in [2.75, 3.05) is 7.11 Å². The Hall–Kier alpha value is -0.900. The minimum atomic E-state index is -0.688. The molecule has 2 saturated heterocycles. The second-order valence-corrected chi connectivity index (χ2v) is 3.39. The zero-order valence-electron chi connectivity index (χ0n) is 6.87. The summed E-state index contributed by atoms with van der Waals surface area (Å²) >= 11 is 0. The van der Waals surface area contributed by atoms with E-state index in [4.69, 9.17) is 0 Å². The highest BCUT2D eigenvalue weighted by Crippen LogP contribution is 2.34. The maximum atomic E-state index is 11.4. The van der Waals surface area contributed by atoms with Crippen LogP contribution in [0.3, 0.4) is 0 Å². The Kier molecular flexibility index (Phi) is 1.65. The molecule has 2 heterocycles. The lowest BCUT2D eigenvalue weighted by Crippen LogP contribution is -2.63. The van der Waals surface area contributed by atoms with Crippen molar-refractivity contribution < 1.29 is 14.3 Å². The molecule has 3 fully saturated rings. The van der Waals surface area contributed by atoms with Crippen molar-refractivity contribution in [1.29, 1.82) is 0 Å². The normalized spacial score (nSPS) is 38.8. The molecule has 1 atom stereocenters. The third-order valence-corrected chi connectivity index (χ3v) is 2.66. The summed E-state index contributed by atoms with van der Waals surface area (Å²) in [6, 6.07) is -0.329. The highest BCUT2D eigenvalue weighted by Gasteiger charge is 2.47. The van der Waals surface area contributed by atoms with Crippen molar-refractivity contribution in [1.82, 2.24) is 5.32 Å². The molecule has 1 saturated carbocycles. The molecule has 0 spiro atoms. The Morgan fingerprint density at radius 1 is 1.58 bits per heavy atom. The second kappa shape index (κ2) is 2.55. The molecule has 1 N–H and O–H groups in total. The number of hydrogen-bond donors (Lipinski definition) is 1. The number of methoxy groups -OCH3 is 1. The SMILES string of the molecule is COC(=O)C1NC2CC(C2)C1=O. The quantitative estimate of drug-likeness (QED) is 0.424. The number of fused-ring (bicyclic) bond motifs is 2. The minimum absolute atomic E-state index is 0.00403. The number of nitrogens with one attached hydrogen (secondary N) is 1. The lowest BCUT2D eigenvalue weighted by atomic mass is 9.71. The number of piperidine rings is 2. The number of carbonyl (C=O) groups is 2. The van der Waals surface area contributed by atoms with Gasteiger partial charge in [-0.3, -0.25) is 10.1 Å². The molecule has 3 aliphatic rings. The van der Waals surface area contributed by atoms with Crippen molar-refractivity contribution >= 4 is 11.8 Å². The first-order chi connectivity index (χ1) is 5.72. The predicted molar refractivity (Wildman–Crippen MR) is 40.5 cm³/mol. The number of ether oxygens (including phenoxy) is 1. The van der Waals surface area contributed by atoms with Gasteiger partial charge in [-0.2, -0.15) is 0 Å². The van der Waals surface area contributed by atoms with Gasteiger partial charge in [0.15, 0.2) is 11.8 Å². The maximum Gasteiger partial charge on any atom is 0.330 e. The van der Waals surface area contributed by atoms with E-state index in [1.165, 1.54) is 7.11 Å².